The molecule has 2 aromatic rings. The fourth-order valence-corrected chi connectivity index (χ4v) is 5.20. The van der Waals surface area contributed by atoms with Gasteiger partial charge in [0.2, 0.25) is 5.91 Å². The summed E-state index contributed by atoms with van der Waals surface area (Å²) in [5.74, 6) is -0.0548. The average Bonchev–Trinajstić information content (AvgIpc) is 2.78. The molecule has 3 rings (SSSR count). The summed E-state index contributed by atoms with van der Waals surface area (Å²) in [6.07, 6.45) is 1.57. The van der Waals surface area contributed by atoms with E-state index in [-0.39, 0.29) is 12.3 Å². The minimum Gasteiger partial charge on any atom is -0.618 e. The van der Waals surface area contributed by atoms with Crippen LogP contribution in [0.3, 0.4) is 0 Å². The molecule has 0 spiro atoms. The van der Waals surface area contributed by atoms with Crippen molar-refractivity contribution >= 4 is 52.8 Å². The molecule has 1 atom stereocenters. The van der Waals surface area contributed by atoms with Gasteiger partial charge in [-0.3, -0.25) is 9.10 Å². The number of benzene rings is 1. The number of aromatic nitrogens is 1. The number of thioether (sulfide) groups is 1. The van der Waals surface area contributed by atoms with Gasteiger partial charge in [-0.2, -0.15) is 4.73 Å². The standard InChI is InChI=1S/C15H12Cl2N2O2S2/c16-12-6-4-11(5-7-12)10-19-13(20)9-15(17,23-19)22-14-3-1-2-8-18(14)21/h1-8H,9-10H2. The van der Waals surface area contributed by atoms with Crippen LogP contribution in [0.15, 0.2) is 53.7 Å². The molecule has 2 heterocycles. The van der Waals surface area contributed by atoms with Crippen LogP contribution in [0.2, 0.25) is 5.02 Å². The van der Waals surface area contributed by atoms with Crippen LogP contribution in [0.25, 0.3) is 0 Å². The number of carbonyl (C=O) groups is 1. The first-order valence-corrected chi connectivity index (χ1v) is 9.10. The van der Waals surface area contributed by atoms with E-state index in [0.717, 1.165) is 10.3 Å². The molecule has 0 aliphatic carbocycles. The fraction of sp³-hybridized carbons (Fsp3) is 0.200. The Labute approximate surface area is 152 Å². The highest BCUT2D eigenvalue weighted by molar-refractivity contribution is 8.19. The summed E-state index contributed by atoms with van der Waals surface area (Å²) in [5, 5.41) is 12.9. The molecule has 23 heavy (non-hydrogen) atoms. The van der Waals surface area contributed by atoms with Gasteiger partial charge >= 0.3 is 0 Å². The topological polar surface area (TPSA) is 47.2 Å². The van der Waals surface area contributed by atoms with Gasteiger partial charge < -0.3 is 5.21 Å². The zero-order chi connectivity index (χ0) is 16.4. The van der Waals surface area contributed by atoms with E-state index in [1.165, 1.54) is 29.9 Å². The van der Waals surface area contributed by atoms with Gasteiger partial charge in [-0.15, -0.1) is 0 Å². The van der Waals surface area contributed by atoms with Crippen LogP contribution in [0.5, 0.6) is 0 Å². The fourth-order valence-electron chi connectivity index (χ4n) is 2.10. The summed E-state index contributed by atoms with van der Waals surface area (Å²) in [5.41, 5.74) is 0.972. The molecule has 1 aliphatic rings. The highest BCUT2D eigenvalue weighted by atomic mass is 35.5. The molecule has 4 nitrogen and oxygen atoms in total. The number of carbonyl (C=O) groups excluding carboxylic acids is 1. The third-order valence-electron chi connectivity index (χ3n) is 3.17. The van der Waals surface area contributed by atoms with Crippen molar-refractivity contribution in [3.63, 3.8) is 0 Å². The van der Waals surface area contributed by atoms with Gasteiger partial charge in [0.1, 0.15) is 0 Å². The molecule has 1 saturated heterocycles. The zero-order valence-electron chi connectivity index (χ0n) is 11.8. The third kappa shape index (κ3) is 4.07. The lowest BCUT2D eigenvalue weighted by molar-refractivity contribution is -0.645. The van der Waals surface area contributed by atoms with Crippen molar-refractivity contribution in [3.8, 4) is 0 Å². The maximum absolute atomic E-state index is 12.2. The van der Waals surface area contributed by atoms with Crippen molar-refractivity contribution in [2.45, 2.75) is 21.5 Å². The lowest BCUT2D eigenvalue weighted by Crippen LogP contribution is -2.29. The summed E-state index contributed by atoms with van der Waals surface area (Å²) >= 11 is 14.9. The Morgan fingerprint density at radius 2 is 2.04 bits per heavy atom. The summed E-state index contributed by atoms with van der Waals surface area (Å²) in [6, 6.07) is 12.4. The summed E-state index contributed by atoms with van der Waals surface area (Å²) in [4.78, 5) is 12.2. The van der Waals surface area contributed by atoms with Crippen LogP contribution in [0, 0.1) is 5.21 Å². The number of halogens is 2. The van der Waals surface area contributed by atoms with Crippen LogP contribution in [-0.4, -0.2) is 13.8 Å². The normalized spacial score (nSPS) is 21.0. The largest absolute Gasteiger partial charge is 0.618 e. The molecule has 120 valence electrons. The Balaban J connectivity index is 1.71. The van der Waals surface area contributed by atoms with E-state index >= 15 is 0 Å². The highest BCUT2D eigenvalue weighted by Crippen LogP contribution is 2.53. The molecule has 1 amide bonds. The van der Waals surface area contributed by atoms with E-state index in [0.29, 0.717) is 16.6 Å². The quantitative estimate of drug-likeness (QED) is 0.344. The van der Waals surface area contributed by atoms with Crippen molar-refractivity contribution in [1.29, 1.82) is 0 Å². The maximum atomic E-state index is 12.2. The summed E-state index contributed by atoms with van der Waals surface area (Å²) < 4.78 is 1.47. The number of alkyl halides is 1. The van der Waals surface area contributed by atoms with E-state index in [1.54, 1.807) is 34.6 Å². The van der Waals surface area contributed by atoms with E-state index in [2.05, 4.69) is 0 Å². The Morgan fingerprint density at radius 3 is 2.74 bits per heavy atom. The molecular weight excluding hydrogens is 375 g/mol. The lowest BCUT2D eigenvalue weighted by atomic mass is 10.2. The molecule has 1 aliphatic heterocycles. The minimum atomic E-state index is -0.906. The number of hydrogen-bond donors (Lipinski definition) is 0. The summed E-state index contributed by atoms with van der Waals surface area (Å²) in [6.45, 7) is 0.446. The first-order chi connectivity index (χ1) is 11.0. The number of pyridine rings is 1. The van der Waals surface area contributed by atoms with Gasteiger partial charge in [-0.1, -0.05) is 35.3 Å². The third-order valence-corrected chi connectivity index (χ3v) is 6.41. The first-order valence-electron chi connectivity index (χ1n) is 6.75. The lowest BCUT2D eigenvalue weighted by Gasteiger charge is -2.19. The van der Waals surface area contributed by atoms with Crippen LogP contribution in [-0.2, 0) is 11.3 Å². The number of hydrogen-bond acceptors (Lipinski definition) is 4. The maximum Gasteiger partial charge on any atom is 0.253 e. The van der Waals surface area contributed by atoms with Gasteiger partial charge in [0.05, 0.1) is 13.0 Å². The van der Waals surface area contributed by atoms with Crippen molar-refractivity contribution in [2.24, 2.45) is 0 Å². The van der Waals surface area contributed by atoms with Crippen LogP contribution < -0.4 is 4.73 Å². The van der Waals surface area contributed by atoms with Crippen molar-refractivity contribution in [2.75, 3.05) is 0 Å². The van der Waals surface area contributed by atoms with Gasteiger partial charge in [-0.05, 0) is 47.5 Å². The van der Waals surface area contributed by atoms with Gasteiger partial charge in [0.25, 0.3) is 5.03 Å². The molecule has 1 fully saturated rings. The SMILES string of the molecule is O=C1CC(Cl)(Sc2cccc[n+]2[O-])SN1Cc1ccc(Cl)cc1. The predicted molar refractivity (Wildman–Crippen MR) is 94.1 cm³/mol. The number of rotatable bonds is 4. The Kier molecular flexibility index (Phi) is 4.96. The second-order valence-corrected chi connectivity index (χ2v) is 9.38. The molecular formula is C15H12Cl2N2O2S2. The molecule has 0 saturated carbocycles. The van der Waals surface area contributed by atoms with Gasteiger partial charge in [-0.25, -0.2) is 0 Å². The molecule has 1 unspecified atom stereocenters. The van der Waals surface area contributed by atoms with E-state index in [1.807, 2.05) is 12.1 Å². The van der Waals surface area contributed by atoms with Crippen molar-refractivity contribution < 1.29 is 9.52 Å². The first kappa shape index (κ1) is 16.8. The van der Waals surface area contributed by atoms with E-state index in [4.69, 9.17) is 23.2 Å². The number of amides is 1. The molecule has 1 aromatic heterocycles. The minimum absolute atomic E-state index is 0.0548. The van der Waals surface area contributed by atoms with Crippen molar-refractivity contribution in [1.82, 2.24) is 4.31 Å². The Morgan fingerprint density at radius 1 is 1.30 bits per heavy atom. The smallest absolute Gasteiger partial charge is 0.253 e. The van der Waals surface area contributed by atoms with Gasteiger partial charge in [0.15, 0.2) is 9.74 Å². The molecule has 0 bridgehead atoms. The highest BCUT2D eigenvalue weighted by Gasteiger charge is 2.45. The molecule has 8 heteroatoms. The molecule has 1 aromatic carbocycles. The average molecular weight is 387 g/mol. The Bertz CT molecular complexity index is 730. The van der Waals surface area contributed by atoms with Gasteiger partial charge in [0, 0.05) is 17.2 Å². The monoisotopic (exact) mass is 386 g/mol. The second kappa shape index (κ2) is 6.81. The molecule has 0 N–H and O–H groups in total. The Hall–Kier alpha value is -1.08. The zero-order valence-corrected chi connectivity index (χ0v) is 15.0. The van der Waals surface area contributed by atoms with Crippen LogP contribution in [0.4, 0.5) is 0 Å². The predicted octanol–water partition coefficient (Wildman–Crippen LogP) is 4.04. The summed E-state index contributed by atoms with van der Waals surface area (Å²) in [7, 11) is 0. The van der Waals surface area contributed by atoms with E-state index in [9.17, 15) is 10.0 Å². The molecule has 0 radical (unpaired) electrons. The van der Waals surface area contributed by atoms with E-state index < -0.39 is 3.54 Å². The van der Waals surface area contributed by atoms with Crippen LogP contribution >= 0.6 is 46.9 Å². The number of nitrogens with zero attached hydrogens (tertiary/aromatic N) is 2. The second-order valence-electron chi connectivity index (χ2n) is 4.95. The van der Waals surface area contributed by atoms with Crippen molar-refractivity contribution in [3.05, 3.63) is 64.5 Å². The van der Waals surface area contributed by atoms with Crippen LogP contribution in [0.1, 0.15) is 12.0 Å².